The first-order valence-corrected chi connectivity index (χ1v) is 6.75. The van der Waals surface area contributed by atoms with Crippen molar-refractivity contribution in [3.8, 4) is 17.1 Å². The molecular weight excluding hydrogens is 304 g/mol. The van der Waals surface area contributed by atoms with E-state index in [1.165, 1.54) is 26.6 Å². The van der Waals surface area contributed by atoms with Crippen LogP contribution >= 0.6 is 0 Å². The highest BCUT2D eigenvalue weighted by atomic mass is 16.6. The lowest BCUT2D eigenvalue weighted by Crippen LogP contribution is -2.05. The second-order valence-electron chi connectivity index (χ2n) is 4.97. The van der Waals surface area contributed by atoms with Crippen molar-refractivity contribution in [1.82, 2.24) is 14.8 Å². The minimum Gasteiger partial charge on any atom is -0.490 e. The molecule has 0 fully saturated rings. The van der Waals surface area contributed by atoms with Gasteiger partial charge < -0.3 is 9.47 Å². The fourth-order valence-electron chi connectivity index (χ4n) is 2.01. The highest BCUT2D eigenvalue weighted by molar-refractivity contribution is 5.93. The molecule has 0 radical (unpaired) electrons. The van der Waals surface area contributed by atoms with Gasteiger partial charge in [-0.3, -0.25) is 10.1 Å². The number of carbonyl (C=O) groups excluding carboxylic acids is 1. The molecule has 0 amide bonds. The van der Waals surface area contributed by atoms with Gasteiger partial charge in [0.05, 0.1) is 30.3 Å². The molecular formula is C14H16N4O5. The van der Waals surface area contributed by atoms with E-state index in [0.29, 0.717) is 0 Å². The Hall–Kier alpha value is -2.97. The Balaban J connectivity index is 2.70. The maximum Gasteiger partial charge on any atom is 0.338 e. The molecule has 2 aromatic rings. The summed E-state index contributed by atoms with van der Waals surface area (Å²) in [5.41, 5.74) is -0.0799. The van der Waals surface area contributed by atoms with E-state index >= 15 is 0 Å². The summed E-state index contributed by atoms with van der Waals surface area (Å²) in [6.07, 6.45) is 1.51. The van der Waals surface area contributed by atoms with Gasteiger partial charge in [-0.15, -0.1) is 0 Å². The minimum atomic E-state index is -0.694. The molecule has 0 aliphatic carbocycles. The molecule has 0 N–H and O–H groups in total. The fourth-order valence-corrected chi connectivity index (χ4v) is 2.01. The molecule has 0 atom stereocenters. The quantitative estimate of drug-likeness (QED) is 0.472. The highest BCUT2D eigenvalue weighted by Gasteiger charge is 2.26. The first-order chi connectivity index (χ1) is 10.9. The van der Waals surface area contributed by atoms with Gasteiger partial charge in [0.2, 0.25) is 5.75 Å². The topological polar surface area (TPSA) is 109 Å². The van der Waals surface area contributed by atoms with Gasteiger partial charge in [-0.25, -0.2) is 14.5 Å². The molecule has 0 spiro atoms. The molecule has 0 aliphatic rings. The van der Waals surface area contributed by atoms with Crippen molar-refractivity contribution in [3.05, 3.63) is 34.1 Å². The molecule has 1 aromatic heterocycles. The van der Waals surface area contributed by atoms with Crippen molar-refractivity contribution in [2.75, 3.05) is 14.2 Å². The van der Waals surface area contributed by atoms with Crippen LogP contribution in [0.3, 0.4) is 0 Å². The van der Waals surface area contributed by atoms with Gasteiger partial charge in [-0.2, -0.15) is 5.10 Å². The number of methoxy groups -OCH3 is 2. The monoisotopic (exact) mass is 320 g/mol. The van der Waals surface area contributed by atoms with Gasteiger partial charge in [0.25, 0.3) is 0 Å². The number of carbonyl (C=O) groups is 1. The van der Waals surface area contributed by atoms with Crippen LogP contribution in [0.1, 0.15) is 30.2 Å². The molecule has 0 saturated heterocycles. The maximum absolute atomic E-state index is 11.8. The summed E-state index contributed by atoms with van der Waals surface area (Å²) in [4.78, 5) is 26.5. The summed E-state index contributed by atoms with van der Waals surface area (Å²) in [6.45, 7) is 3.84. The van der Waals surface area contributed by atoms with Crippen LogP contribution in [0.4, 0.5) is 5.69 Å². The number of esters is 1. The van der Waals surface area contributed by atoms with E-state index in [2.05, 4.69) is 14.8 Å². The van der Waals surface area contributed by atoms with Gasteiger partial charge in [0.15, 0.2) is 5.82 Å². The summed E-state index contributed by atoms with van der Waals surface area (Å²) in [6, 6.07) is 2.59. The van der Waals surface area contributed by atoms with E-state index in [-0.39, 0.29) is 34.4 Å². The summed E-state index contributed by atoms with van der Waals surface area (Å²) in [5.74, 6) is -0.478. The van der Waals surface area contributed by atoms with Crippen LogP contribution in [0.15, 0.2) is 18.5 Å². The van der Waals surface area contributed by atoms with E-state index in [9.17, 15) is 14.9 Å². The Morgan fingerprint density at radius 2 is 2.04 bits per heavy atom. The standard InChI is InChI=1S/C14H16N4O5/c1-8(2)17-7-15-13(16-17)10-5-9(14(19)23-4)6-11(18(20)21)12(10)22-3/h5-8H,1-4H3. The zero-order valence-corrected chi connectivity index (χ0v) is 13.1. The third kappa shape index (κ3) is 3.12. The van der Waals surface area contributed by atoms with Gasteiger partial charge in [-0.05, 0) is 19.9 Å². The zero-order chi connectivity index (χ0) is 17.1. The molecule has 122 valence electrons. The molecule has 0 aliphatic heterocycles. The van der Waals surface area contributed by atoms with Crippen molar-refractivity contribution >= 4 is 11.7 Å². The Morgan fingerprint density at radius 1 is 1.35 bits per heavy atom. The molecule has 2 rings (SSSR count). The minimum absolute atomic E-state index is 0.0100. The van der Waals surface area contributed by atoms with Crippen LogP contribution in [0.25, 0.3) is 11.4 Å². The molecule has 9 heteroatoms. The summed E-state index contributed by atoms with van der Waals surface area (Å²) < 4.78 is 11.4. The van der Waals surface area contributed by atoms with Crippen molar-refractivity contribution < 1.29 is 19.2 Å². The second kappa shape index (κ2) is 6.42. The Labute approximate surface area is 132 Å². The van der Waals surface area contributed by atoms with Crippen molar-refractivity contribution in [2.24, 2.45) is 0 Å². The number of aromatic nitrogens is 3. The Morgan fingerprint density at radius 3 is 2.52 bits per heavy atom. The Bertz CT molecular complexity index is 754. The number of nitro benzene ring substituents is 1. The van der Waals surface area contributed by atoms with Gasteiger partial charge in [0.1, 0.15) is 6.33 Å². The molecule has 9 nitrogen and oxygen atoms in total. The summed E-state index contributed by atoms with van der Waals surface area (Å²) in [5, 5.41) is 15.5. The highest BCUT2D eigenvalue weighted by Crippen LogP contribution is 2.38. The maximum atomic E-state index is 11.8. The number of benzene rings is 1. The summed E-state index contributed by atoms with van der Waals surface area (Å²) in [7, 11) is 2.51. The average molecular weight is 320 g/mol. The van der Waals surface area contributed by atoms with Crippen molar-refractivity contribution in [3.63, 3.8) is 0 Å². The number of hydrogen-bond donors (Lipinski definition) is 0. The number of nitrogens with zero attached hydrogens (tertiary/aromatic N) is 4. The van der Waals surface area contributed by atoms with Crippen LogP contribution in [0, 0.1) is 10.1 Å². The molecule has 23 heavy (non-hydrogen) atoms. The third-order valence-electron chi connectivity index (χ3n) is 3.17. The predicted octanol–water partition coefficient (Wildman–Crippen LogP) is 2.23. The largest absolute Gasteiger partial charge is 0.490 e. The number of hydrogen-bond acceptors (Lipinski definition) is 7. The lowest BCUT2D eigenvalue weighted by atomic mass is 10.1. The van der Waals surface area contributed by atoms with E-state index in [4.69, 9.17) is 4.74 Å². The SMILES string of the molecule is COC(=O)c1cc(-c2ncn(C(C)C)n2)c(OC)c([N+](=O)[O-])c1. The molecule has 0 unspecified atom stereocenters. The van der Waals surface area contributed by atoms with Crippen LogP contribution < -0.4 is 4.74 Å². The second-order valence-corrected chi connectivity index (χ2v) is 4.97. The molecule has 0 saturated carbocycles. The van der Waals surface area contributed by atoms with Crippen molar-refractivity contribution in [1.29, 1.82) is 0 Å². The van der Waals surface area contributed by atoms with Crippen LogP contribution in [-0.4, -0.2) is 39.9 Å². The predicted molar refractivity (Wildman–Crippen MR) is 80.4 cm³/mol. The first-order valence-electron chi connectivity index (χ1n) is 6.75. The fraction of sp³-hybridized carbons (Fsp3) is 0.357. The average Bonchev–Trinajstić information content (AvgIpc) is 3.02. The summed E-state index contributed by atoms with van der Waals surface area (Å²) >= 11 is 0. The number of nitro groups is 1. The zero-order valence-electron chi connectivity index (χ0n) is 13.1. The normalized spacial score (nSPS) is 10.7. The van der Waals surface area contributed by atoms with Crippen LogP contribution in [0.5, 0.6) is 5.75 Å². The number of ether oxygens (including phenoxy) is 2. The van der Waals surface area contributed by atoms with Gasteiger partial charge in [-0.1, -0.05) is 0 Å². The number of rotatable bonds is 5. The smallest absolute Gasteiger partial charge is 0.338 e. The first kappa shape index (κ1) is 16.4. The van der Waals surface area contributed by atoms with E-state index < -0.39 is 10.9 Å². The lowest BCUT2D eigenvalue weighted by Gasteiger charge is -2.09. The van der Waals surface area contributed by atoms with Crippen LogP contribution in [0.2, 0.25) is 0 Å². The molecule has 1 heterocycles. The van der Waals surface area contributed by atoms with E-state index in [1.54, 1.807) is 4.68 Å². The Kier molecular flexibility index (Phi) is 4.58. The van der Waals surface area contributed by atoms with E-state index in [1.807, 2.05) is 13.8 Å². The van der Waals surface area contributed by atoms with E-state index in [0.717, 1.165) is 6.07 Å². The molecule has 0 bridgehead atoms. The van der Waals surface area contributed by atoms with Gasteiger partial charge in [0, 0.05) is 12.1 Å². The third-order valence-corrected chi connectivity index (χ3v) is 3.17. The van der Waals surface area contributed by atoms with Crippen LogP contribution in [-0.2, 0) is 4.74 Å². The van der Waals surface area contributed by atoms with Gasteiger partial charge >= 0.3 is 11.7 Å². The molecule has 1 aromatic carbocycles. The van der Waals surface area contributed by atoms with Crippen molar-refractivity contribution in [2.45, 2.75) is 19.9 Å². The lowest BCUT2D eigenvalue weighted by molar-refractivity contribution is -0.385.